The van der Waals surface area contributed by atoms with E-state index >= 15 is 0 Å². The Kier molecular flexibility index (Phi) is 10.2. The van der Waals surface area contributed by atoms with Gasteiger partial charge in [-0.25, -0.2) is 10.6 Å². The Morgan fingerprint density at radius 1 is 1.54 bits per heavy atom. The molecule has 0 aliphatic rings. The fraction of sp³-hybridized carbons (Fsp3) is 0. The van der Waals surface area contributed by atoms with Crippen LogP contribution in [0.5, 0.6) is 0 Å². The number of allylic oxidation sites excluding steroid dienone is 1. The zero-order chi connectivity index (χ0) is 10.7. The van der Waals surface area contributed by atoms with Crippen LogP contribution in [-0.4, -0.2) is 17.0 Å². The molecule has 0 saturated heterocycles. The Morgan fingerprint density at radius 2 is 2.00 bits per heavy atom. The Hall–Kier alpha value is -2.13. The number of carbonyl (C=O) groups is 2. The molecular weight excluding hydrogens is 174 g/mol. The summed E-state index contributed by atoms with van der Waals surface area (Å²) in [4.78, 5) is 19.8. The third kappa shape index (κ3) is 17.7. The number of nitrogens with two attached hydrogens (primary N) is 1. The number of carboxylic acid groups (broad SMARTS) is 1. The summed E-state index contributed by atoms with van der Waals surface area (Å²) >= 11 is 0. The molecule has 6 nitrogen and oxygen atoms in total. The van der Waals surface area contributed by atoms with E-state index < -0.39 is 11.9 Å². The lowest BCUT2D eigenvalue weighted by molar-refractivity contribution is -0.131. The fourth-order valence-corrected chi connectivity index (χ4v) is 0.195. The number of carboxylic acids is 1. The van der Waals surface area contributed by atoms with Crippen LogP contribution < -0.4 is 11.3 Å². The van der Waals surface area contributed by atoms with E-state index in [4.69, 9.17) is 10.4 Å². The number of hydrazine groups is 1. The third-order valence-electron chi connectivity index (χ3n) is 0.611. The summed E-state index contributed by atoms with van der Waals surface area (Å²) in [5.74, 6) is 2.79. The highest BCUT2D eigenvalue weighted by Gasteiger charge is 1.90. The van der Waals surface area contributed by atoms with Crippen LogP contribution in [0.4, 0.5) is 0 Å². The predicted octanol–water partition coefficient (Wildman–Crippen LogP) is -0.687. The summed E-state index contributed by atoms with van der Waals surface area (Å²) in [6, 6.07) is 1.69. The van der Waals surface area contributed by atoms with E-state index in [1.165, 1.54) is 6.08 Å². The number of carbonyl (C=O) groups excluding carboxylic acids is 1. The van der Waals surface area contributed by atoms with Crippen molar-refractivity contribution in [2.45, 2.75) is 0 Å². The van der Waals surface area contributed by atoms with Crippen molar-refractivity contribution in [3.8, 4) is 6.07 Å². The van der Waals surface area contributed by atoms with Gasteiger partial charge in [0, 0.05) is 18.2 Å². The van der Waals surface area contributed by atoms with Crippen LogP contribution in [0.25, 0.3) is 0 Å². The van der Waals surface area contributed by atoms with E-state index in [9.17, 15) is 9.59 Å². The van der Waals surface area contributed by atoms with E-state index in [0.717, 1.165) is 6.08 Å². The minimum Gasteiger partial charge on any atom is -0.478 e. The standard InChI is InChI=1S/C4H6N2O3.C3H3N/c5-6-3(7)1-2-4(8)9;1-2-3-4/h1-2H,5H2,(H,6,7)(H,8,9);2H,1H2/b2-1-;. The van der Waals surface area contributed by atoms with Gasteiger partial charge in [-0.15, -0.1) is 0 Å². The molecule has 1 amide bonds. The Morgan fingerprint density at radius 3 is 2.23 bits per heavy atom. The first-order valence-corrected chi connectivity index (χ1v) is 3.00. The SMILES string of the molecule is C=CC#N.NNC(=O)/C=C\C(=O)O. The zero-order valence-corrected chi connectivity index (χ0v) is 6.73. The molecule has 0 aromatic carbocycles. The smallest absolute Gasteiger partial charge is 0.328 e. The average Bonchev–Trinajstić information content (AvgIpc) is 2.14. The summed E-state index contributed by atoms with van der Waals surface area (Å²) in [6.45, 7) is 3.12. The molecule has 0 fully saturated rings. The summed E-state index contributed by atoms with van der Waals surface area (Å²) in [6.07, 6.45) is 2.70. The Balaban J connectivity index is 0. The van der Waals surface area contributed by atoms with Gasteiger partial charge in [-0.2, -0.15) is 5.26 Å². The van der Waals surface area contributed by atoms with Crippen LogP contribution in [-0.2, 0) is 9.59 Å². The molecule has 0 saturated carbocycles. The molecule has 4 N–H and O–H groups in total. The number of rotatable bonds is 2. The molecule has 0 aliphatic heterocycles. The maximum Gasteiger partial charge on any atom is 0.328 e. The largest absolute Gasteiger partial charge is 0.478 e. The molecule has 70 valence electrons. The van der Waals surface area contributed by atoms with Crippen molar-refractivity contribution in [3.63, 3.8) is 0 Å². The van der Waals surface area contributed by atoms with Gasteiger partial charge in [0.1, 0.15) is 0 Å². The van der Waals surface area contributed by atoms with Crippen LogP contribution in [0.2, 0.25) is 0 Å². The van der Waals surface area contributed by atoms with E-state index in [-0.39, 0.29) is 0 Å². The van der Waals surface area contributed by atoms with Crippen molar-refractivity contribution in [2.24, 2.45) is 5.84 Å². The molecular formula is C7H9N3O3. The fourth-order valence-electron chi connectivity index (χ4n) is 0.195. The predicted molar refractivity (Wildman–Crippen MR) is 44.9 cm³/mol. The molecule has 0 aromatic rings. The number of nitriles is 1. The first-order valence-electron chi connectivity index (χ1n) is 3.00. The van der Waals surface area contributed by atoms with Gasteiger partial charge in [-0.1, -0.05) is 6.58 Å². The molecule has 0 spiro atoms. The van der Waals surface area contributed by atoms with Crippen molar-refractivity contribution >= 4 is 11.9 Å². The van der Waals surface area contributed by atoms with Crippen molar-refractivity contribution in [1.82, 2.24) is 5.43 Å². The Bertz CT molecular complexity index is 252. The van der Waals surface area contributed by atoms with E-state index in [2.05, 4.69) is 12.4 Å². The lowest BCUT2D eigenvalue weighted by Gasteiger charge is -1.85. The quantitative estimate of drug-likeness (QED) is 0.172. The summed E-state index contributed by atoms with van der Waals surface area (Å²) in [5, 5.41) is 15.5. The van der Waals surface area contributed by atoms with Gasteiger partial charge in [0.05, 0.1) is 6.07 Å². The highest BCUT2D eigenvalue weighted by atomic mass is 16.4. The topological polar surface area (TPSA) is 116 Å². The second-order valence-corrected chi connectivity index (χ2v) is 1.51. The molecule has 0 unspecified atom stereocenters. The number of aliphatic carboxylic acids is 1. The zero-order valence-electron chi connectivity index (χ0n) is 6.73. The van der Waals surface area contributed by atoms with Gasteiger partial charge in [0.2, 0.25) is 0 Å². The molecule has 6 heteroatoms. The van der Waals surface area contributed by atoms with Gasteiger partial charge in [-0.05, 0) is 0 Å². The number of amides is 1. The third-order valence-corrected chi connectivity index (χ3v) is 0.611. The van der Waals surface area contributed by atoms with Crippen LogP contribution in [0.3, 0.4) is 0 Å². The summed E-state index contributed by atoms with van der Waals surface area (Å²) < 4.78 is 0. The van der Waals surface area contributed by atoms with Gasteiger partial charge in [0.25, 0.3) is 5.91 Å². The minimum absolute atomic E-state index is 0.641. The minimum atomic E-state index is -1.18. The van der Waals surface area contributed by atoms with Crippen molar-refractivity contribution in [2.75, 3.05) is 0 Å². The first-order chi connectivity index (χ1) is 6.08. The normalized spacial score (nSPS) is 7.69. The molecule has 0 aliphatic carbocycles. The maximum atomic E-state index is 10.1. The number of nitrogens with one attached hydrogen (secondary N) is 1. The van der Waals surface area contributed by atoms with Crippen LogP contribution in [0.1, 0.15) is 0 Å². The highest BCUT2D eigenvalue weighted by Crippen LogP contribution is 1.70. The van der Waals surface area contributed by atoms with Crippen molar-refractivity contribution < 1.29 is 14.7 Å². The van der Waals surface area contributed by atoms with E-state index in [1.54, 1.807) is 11.5 Å². The molecule has 0 bridgehead atoms. The second-order valence-electron chi connectivity index (χ2n) is 1.51. The van der Waals surface area contributed by atoms with E-state index in [0.29, 0.717) is 6.08 Å². The number of hydrogen-bond acceptors (Lipinski definition) is 4. The van der Waals surface area contributed by atoms with Crippen molar-refractivity contribution in [1.29, 1.82) is 5.26 Å². The molecule has 0 radical (unpaired) electrons. The van der Waals surface area contributed by atoms with Gasteiger partial charge in [0.15, 0.2) is 0 Å². The van der Waals surface area contributed by atoms with Crippen LogP contribution in [0, 0.1) is 11.3 Å². The molecule has 0 heterocycles. The van der Waals surface area contributed by atoms with Crippen molar-refractivity contribution in [3.05, 3.63) is 24.8 Å². The molecule has 13 heavy (non-hydrogen) atoms. The summed E-state index contributed by atoms with van der Waals surface area (Å²) in [5.41, 5.74) is 1.73. The van der Waals surface area contributed by atoms with E-state index in [1.807, 2.05) is 0 Å². The van der Waals surface area contributed by atoms with Gasteiger partial charge >= 0.3 is 5.97 Å². The molecule has 0 aromatic heterocycles. The van der Waals surface area contributed by atoms with Gasteiger partial charge < -0.3 is 5.11 Å². The Labute approximate surface area is 74.9 Å². The molecule has 0 rings (SSSR count). The lowest BCUT2D eigenvalue weighted by atomic mass is 10.5. The number of hydrogen-bond donors (Lipinski definition) is 3. The highest BCUT2D eigenvalue weighted by molar-refractivity contribution is 5.93. The monoisotopic (exact) mass is 183 g/mol. The summed E-state index contributed by atoms with van der Waals surface area (Å²) in [7, 11) is 0. The van der Waals surface area contributed by atoms with Crippen LogP contribution >= 0.6 is 0 Å². The molecule has 0 atom stereocenters. The maximum absolute atomic E-state index is 10.1. The first kappa shape index (κ1) is 13.5. The van der Waals surface area contributed by atoms with Gasteiger partial charge in [-0.3, -0.25) is 10.2 Å². The average molecular weight is 183 g/mol. The number of nitrogens with zero attached hydrogens (tertiary/aromatic N) is 1. The second kappa shape index (κ2) is 9.87. The lowest BCUT2D eigenvalue weighted by Crippen LogP contribution is -2.28. The van der Waals surface area contributed by atoms with Crippen LogP contribution in [0.15, 0.2) is 24.8 Å².